The molecule has 0 spiro atoms. The molecule has 5 nitrogen and oxygen atoms in total. The average molecular weight is 260 g/mol. The van der Waals surface area contributed by atoms with Gasteiger partial charge in [-0.15, -0.1) is 0 Å². The van der Waals surface area contributed by atoms with Crippen molar-refractivity contribution in [2.45, 2.75) is 25.3 Å². The topological polar surface area (TPSA) is 83.6 Å². The number of carbonyl (C=O) groups is 2. The van der Waals surface area contributed by atoms with E-state index in [1.807, 2.05) is 6.26 Å². The van der Waals surface area contributed by atoms with Gasteiger partial charge in [-0.2, -0.15) is 11.8 Å². The van der Waals surface area contributed by atoms with Gasteiger partial charge in [0.2, 0.25) is 5.91 Å². The summed E-state index contributed by atoms with van der Waals surface area (Å²) in [7, 11) is 0. The van der Waals surface area contributed by atoms with E-state index >= 15 is 0 Å². The summed E-state index contributed by atoms with van der Waals surface area (Å²) in [6, 6.07) is -0.491. The zero-order valence-electron chi connectivity index (χ0n) is 10.1. The summed E-state index contributed by atoms with van der Waals surface area (Å²) in [5, 5.41) is 8.95. The van der Waals surface area contributed by atoms with Crippen LogP contribution < -0.4 is 5.73 Å². The van der Waals surface area contributed by atoms with Gasteiger partial charge >= 0.3 is 5.97 Å². The molecule has 3 N–H and O–H groups in total. The van der Waals surface area contributed by atoms with E-state index in [9.17, 15) is 9.59 Å². The van der Waals surface area contributed by atoms with Crippen LogP contribution in [-0.2, 0) is 9.59 Å². The van der Waals surface area contributed by atoms with Gasteiger partial charge in [-0.3, -0.25) is 9.59 Å². The summed E-state index contributed by atoms with van der Waals surface area (Å²) in [5.74, 6) is -0.506. The molecule has 0 radical (unpaired) electrons. The maximum absolute atomic E-state index is 12.0. The monoisotopic (exact) mass is 260 g/mol. The van der Waals surface area contributed by atoms with E-state index in [2.05, 4.69) is 0 Å². The fraction of sp³-hybridized carbons (Fsp3) is 0.818. The first-order valence-electron chi connectivity index (χ1n) is 5.82. The number of aliphatic carboxylic acids is 1. The number of amides is 1. The van der Waals surface area contributed by atoms with Gasteiger partial charge in [-0.05, 0) is 31.3 Å². The number of carbonyl (C=O) groups excluding carboxylic acids is 1. The van der Waals surface area contributed by atoms with Crippen LogP contribution in [0.5, 0.6) is 0 Å². The first-order chi connectivity index (χ1) is 8.06. The van der Waals surface area contributed by atoms with E-state index in [4.69, 9.17) is 10.8 Å². The van der Waals surface area contributed by atoms with E-state index in [-0.39, 0.29) is 5.91 Å². The Balaban J connectivity index is 2.48. The standard InChI is InChI=1S/C11H20N2O3S/c1-17-6-4-9(12)10(14)13-5-2-3-8(7-13)11(15)16/h8-9H,2-7,12H2,1H3,(H,15,16)/t8?,9-/m1/s1. The maximum atomic E-state index is 12.0. The number of likely N-dealkylation sites (tertiary alicyclic amines) is 1. The predicted octanol–water partition coefficient (Wildman–Crippen LogP) is 0.390. The lowest BCUT2D eigenvalue weighted by Crippen LogP contribution is -2.49. The molecule has 2 atom stereocenters. The molecule has 0 aliphatic carbocycles. The summed E-state index contributed by atoms with van der Waals surface area (Å²) in [6.45, 7) is 0.941. The van der Waals surface area contributed by atoms with Gasteiger partial charge in [0.05, 0.1) is 12.0 Å². The third-order valence-electron chi connectivity index (χ3n) is 3.03. The van der Waals surface area contributed by atoms with Crippen LogP contribution in [0.1, 0.15) is 19.3 Å². The number of nitrogens with zero attached hydrogens (tertiary/aromatic N) is 1. The number of carboxylic acids is 1. The SMILES string of the molecule is CSCC[C@@H](N)C(=O)N1CCCC(C(=O)O)C1. The van der Waals surface area contributed by atoms with E-state index in [0.29, 0.717) is 25.9 Å². The number of carboxylic acid groups (broad SMARTS) is 1. The molecule has 17 heavy (non-hydrogen) atoms. The molecule has 0 aromatic carbocycles. The first-order valence-corrected chi connectivity index (χ1v) is 7.21. The minimum atomic E-state index is -0.819. The number of rotatable bonds is 5. The number of nitrogens with two attached hydrogens (primary N) is 1. The molecular weight excluding hydrogens is 240 g/mol. The lowest BCUT2D eigenvalue weighted by molar-refractivity contribution is -0.146. The predicted molar refractivity (Wildman–Crippen MR) is 67.9 cm³/mol. The number of thioether (sulfide) groups is 1. The highest BCUT2D eigenvalue weighted by Gasteiger charge is 2.30. The fourth-order valence-corrected chi connectivity index (χ4v) is 2.47. The van der Waals surface area contributed by atoms with Crippen LogP contribution in [-0.4, -0.2) is 53.0 Å². The van der Waals surface area contributed by atoms with Crippen molar-refractivity contribution in [3.8, 4) is 0 Å². The van der Waals surface area contributed by atoms with Crippen molar-refractivity contribution in [1.29, 1.82) is 0 Å². The second kappa shape index (κ2) is 6.86. The van der Waals surface area contributed by atoms with E-state index in [1.165, 1.54) is 0 Å². The van der Waals surface area contributed by atoms with Crippen LogP contribution in [0.25, 0.3) is 0 Å². The van der Waals surface area contributed by atoms with Crippen LogP contribution in [0.2, 0.25) is 0 Å². The molecule has 6 heteroatoms. The summed E-state index contributed by atoms with van der Waals surface area (Å²) >= 11 is 1.65. The maximum Gasteiger partial charge on any atom is 0.308 e. The molecule has 1 heterocycles. The zero-order chi connectivity index (χ0) is 12.8. The summed E-state index contributed by atoms with van der Waals surface area (Å²) in [4.78, 5) is 24.5. The third-order valence-corrected chi connectivity index (χ3v) is 3.68. The van der Waals surface area contributed by atoms with Crippen LogP contribution >= 0.6 is 11.8 Å². The van der Waals surface area contributed by atoms with Gasteiger partial charge in [0.15, 0.2) is 0 Å². The zero-order valence-corrected chi connectivity index (χ0v) is 10.9. The van der Waals surface area contributed by atoms with Gasteiger partial charge in [0.25, 0.3) is 0 Å². The highest BCUT2D eigenvalue weighted by atomic mass is 32.2. The highest BCUT2D eigenvalue weighted by Crippen LogP contribution is 2.17. The first kappa shape index (κ1) is 14.3. The quantitative estimate of drug-likeness (QED) is 0.747. The Morgan fingerprint density at radius 2 is 2.29 bits per heavy atom. The van der Waals surface area contributed by atoms with E-state index in [1.54, 1.807) is 16.7 Å². The average Bonchev–Trinajstić information content (AvgIpc) is 2.35. The van der Waals surface area contributed by atoms with E-state index < -0.39 is 17.9 Å². The lowest BCUT2D eigenvalue weighted by Gasteiger charge is -2.32. The van der Waals surface area contributed by atoms with E-state index in [0.717, 1.165) is 12.2 Å². The van der Waals surface area contributed by atoms with Crippen molar-refractivity contribution in [1.82, 2.24) is 4.90 Å². The van der Waals surface area contributed by atoms with Crippen molar-refractivity contribution in [2.75, 3.05) is 25.1 Å². The molecule has 98 valence electrons. The van der Waals surface area contributed by atoms with Crippen molar-refractivity contribution in [3.63, 3.8) is 0 Å². The normalized spacial score (nSPS) is 22.2. The van der Waals surface area contributed by atoms with Crippen LogP contribution in [0.15, 0.2) is 0 Å². The van der Waals surface area contributed by atoms with Gasteiger partial charge in [0, 0.05) is 13.1 Å². The Labute approximate surface area is 106 Å². The smallest absolute Gasteiger partial charge is 0.308 e. The molecule has 0 aromatic rings. The summed E-state index contributed by atoms with van der Waals surface area (Å²) in [5.41, 5.74) is 5.80. The van der Waals surface area contributed by atoms with Crippen molar-refractivity contribution < 1.29 is 14.7 Å². The lowest BCUT2D eigenvalue weighted by atomic mass is 9.97. The second-order valence-electron chi connectivity index (χ2n) is 4.35. The Hall–Kier alpha value is -0.750. The second-order valence-corrected chi connectivity index (χ2v) is 5.34. The molecule has 1 unspecified atom stereocenters. The Morgan fingerprint density at radius 3 is 2.88 bits per heavy atom. The molecule has 0 saturated carbocycles. The molecule has 1 amide bonds. The Bertz CT molecular complexity index is 286. The number of hydrogen-bond donors (Lipinski definition) is 2. The fourth-order valence-electron chi connectivity index (χ4n) is 1.98. The molecular formula is C11H20N2O3S. The molecule has 1 rings (SSSR count). The minimum Gasteiger partial charge on any atom is -0.481 e. The van der Waals surface area contributed by atoms with Crippen molar-refractivity contribution in [2.24, 2.45) is 11.7 Å². The molecule has 1 fully saturated rings. The van der Waals surface area contributed by atoms with Gasteiger partial charge in [-0.1, -0.05) is 0 Å². The van der Waals surface area contributed by atoms with Crippen molar-refractivity contribution in [3.05, 3.63) is 0 Å². The summed E-state index contributed by atoms with van der Waals surface area (Å²) in [6.07, 6.45) is 4.02. The molecule has 0 aromatic heterocycles. The Kier molecular flexibility index (Phi) is 5.77. The van der Waals surface area contributed by atoms with Crippen LogP contribution in [0.4, 0.5) is 0 Å². The molecule has 1 aliphatic rings. The minimum absolute atomic E-state index is 0.106. The largest absolute Gasteiger partial charge is 0.481 e. The van der Waals surface area contributed by atoms with Gasteiger partial charge in [-0.25, -0.2) is 0 Å². The van der Waals surface area contributed by atoms with Crippen molar-refractivity contribution >= 4 is 23.6 Å². The van der Waals surface area contributed by atoms with Crippen LogP contribution in [0.3, 0.4) is 0 Å². The Morgan fingerprint density at radius 1 is 1.59 bits per heavy atom. The summed E-state index contributed by atoms with van der Waals surface area (Å²) < 4.78 is 0. The molecule has 0 bridgehead atoms. The number of piperidine rings is 1. The highest BCUT2D eigenvalue weighted by molar-refractivity contribution is 7.98. The van der Waals surface area contributed by atoms with Gasteiger partial charge < -0.3 is 15.7 Å². The van der Waals surface area contributed by atoms with Gasteiger partial charge in [0.1, 0.15) is 0 Å². The molecule has 1 saturated heterocycles. The molecule has 1 aliphatic heterocycles. The number of hydrogen-bond acceptors (Lipinski definition) is 4. The third kappa shape index (κ3) is 4.20. The van der Waals surface area contributed by atoms with Crippen LogP contribution in [0, 0.1) is 5.92 Å².